The topological polar surface area (TPSA) is 94.0 Å². The number of rotatable bonds is 12. The van der Waals surface area contributed by atoms with Crippen LogP contribution in [0.3, 0.4) is 0 Å². The number of hydrogen-bond acceptors (Lipinski definition) is 4. The van der Waals surface area contributed by atoms with Gasteiger partial charge in [-0.3, -0.25) is 9.59 Å². The summed E-state index contributed by atoms with van der Waals surface area (Å²) in [5.41, 5.74) is 4.50. The number of anilines is 1. The van der Waals surface area contributed by atoms with Crippen LogP contribution in [0.25, 0.3) is 27.9 Å². The van der Waals surface area contributed by atoms with Gasteiger partial charge in [-0.25, -0.2) is 4.58 Å². The third kappa shape index (κ3) is 6.55. The van der Waals surface area contributed by atoms with Gasteiger partial charge in [0.25, 0.3) is 0 Å². The summed E-state index contributed by atoms with van der Waals surface area (Å²) in [6.45, 7) is 12.0. The predicted molar refractivity (Wildman–Crippen MR) is 149 cm³/mol. The van der Waals surface area contributed by atoms with E-state index in [1.54, 1.807) is 6.08 Å². The molecule has 194 valence electrons. The Morgan fingerprint density at radius 2 is 1.84 bits per heavy atom. The number of carboxylic acid groups (broad SMARTS) is 2. The Morgan fingerprint density at radius 3 is 2.46 bits per heavy atom. The summed E-state index contributed by atoms with van der Waals surface area (Å²) in [4.78, 5) is 24.3. The first-order valence-corrected chi connectivity index (χ1v) is 12.6. The van der Waals surface area contributed by atoms with Crippen molar-refractivity contribution in [3.8, 4) is 11.3 Å². The van der Waals surface area contributed by atoms with Crippen LogP contribution >= 0.6 is 0 Å². The number of benzene rings is 2. The first-order valence-electron chi connectivity index (χ1n) is 12.6. The van der Waals surface area contributed by atoms with Crippen LogP contribution in [-0.2, 0) is 9.59 Å². The highest BCUT2D eigenvalue weighted by molar-refractivity contribution is 6.01. The van der Waals surface area contributed by atoms with Crippen LogP contribution in [0, 0.1) is 0 Å². The van der Waals surface area contributed by atoms with Gasteiger partial charge >= 0.3 is 11.9 Å². The van der Waals surface area contributed by atoms with E-state index in [0.29, 0.717) is 37.5 Å². The molecular weight excluding hydrogens is 468 g/mol. The van der Waals surface area contributed by atoms with Crippen molar-refractivity contribution in [1.82, 2.24) is 4.58 Å². The molecule has 2 N–H and O–H groups in total. The van der Waals surface area contributed by atoms with E-state index in [4.69, 9.17) is 14.6 Å². The molecule has 7 heteroatoms. The maximum atomic E-state index is 11.1. The molecule has 0 unspecified atom stereocenters. The molecule has 0 radical (unpaired) electrons. The highest BCUT2D eigenvalue weighted by atomic mass is 16.4. The van der Waals surface area contributed by atoms with Crippen molar-refractivity contribution in [2.75, 3.05) is 31.1 Å². The largest absolute Gasteiger partial charge is 0.481 e. The van der Waals surface area contributed by atoms with Gasteiger partial charge in [0.15, 0.2) is 6.54 Å². The Hall–Kier alpha value is -4.13. The second-order valence-corrected chi connectivity index (χ2v) is 8.64. The van der Waals surface area contributed by atoms with Crippen LogP contribution in [0.4, 0.5) is 5.69 Å². The molecule has 0 fully saturated rings. The number of fused-ring (bicyclic) bond motifs is 2. The minimum atomic E-state index is -0.835. The lowest BCUT2D eigenvalue weighted by Gasteiger charge is -2.23. The molecule has 2 aliphatic rings. The minimum Gasteiger partial charge on any atom is -0.481 e. The standard InChI is InChI=1S/C30H34N2O5/c1-5-9-21(10-6-2)30-24-13-11-22(31(7-3)17-15-28(33)34)19-26(24)37-27-20-23(12-14-25(27)30)32(8-4)18-16-29(35)36/h5-6,9-14,19-20H,1,7-8,15-18H2,2-4H3,(H-,33,34,35,36)/p+1/b10-6-,21-9+. The SMILES string of the molecule is C=C/C=C(\C=C/C)c1c2ccc(=[N+](CC)CCC(=O)O)cc-2oc2cc(N(CC)CCC(=O)O)ccc12. The molecule has 1 aromatic rings. The number of aliphatic carboxylic acids is 2. The molecule has 0 spiro atoms. The molecule has 1 aromatic carbocycles. The van der Waals surface area contributed by atoms with Crippen LogP contribution in [0.1, 0.15) is 39.2 Å². The highest BCUT2D eigenvalue weighted by Gasteiger charge is 2.20. The van der Waals surface area contributed by atoms with E-state index in [1.807, 2.05) is 84.9 Å². The molecule has 1 aliphatic heterocycles. The summed E-state index contributed by atoms with van der Waals surface area (Å²) in [5.74, 6) is -0.990. The number of carbonyl (C=O) groups is 2. The first kappa shape index (κ1) is 27.5. The summed E-state index contributed by atoms with van der Waals surface area (Å²) in [5, 5.41) is 20.1. The van der Waals surface area contributed by atoms with Gasteiger partial charge in [0, 0.05) is 47.4 Å². The van der Waals surface area contributed by atoms with Crippen LogP contribution in [0.2, 0.25) is 0 Å². The van der Waals surface area contributed by atoms with Gasteiger partial charge in [-0.1, -0.05) is 30.9 Å². The summed E-state index contributed by atoms with van der Waals surface area (Å²) in [7, 11) is 0. The Labute approximate surface area is 217 Å². The molecule has 0 amide bonds. The van der Waals surface area contributed by atoms with Crippen LogP contribution in [-0.4, -0.2) is 48.3 Å². The lowest BCUT2D eigenvalue weighted by molar-refractivity contribution is -0.137. The Balaban J connectivity index is 2.32. The van der Waals surface area contributed by atoms with Gasteiger partial charge in [-0.15, -0.1) is 0 Å². The minimum absolute atomic E-state index is 0.0477. The first-order chi connectivity index (χ1) is 17.8. The molecule has 37 heavy (non-hydrogen) atoms. The number of hydrogen-bond donors (Lipinski definition) is 2. The second-order valence-electron chi connectivity index (χ2n) is 8.64. The molecule has 0 aromatic heterocycles. The Kier molecular flexibility index (Phi) is 9.44. The zero-order valence-electron chi connectivity index (χ0n) is 21.7. The number of allylic oxidation sites excluding steroid dienone is 5. The van der Waals surface area contributed by atoms with Crippen molar-refractivity contribution in [2.24, 2.45) is 0 Å². The summed E-state index contributed by atoms with van der Waals surface area (Å²) >= 11 is 0. The van der Waals surface area contributed by atoms with E-state index >= 15 is 0 Å². The van der Waals surface area contributed by atoms with Crippen LogP contribution in [0.5, 0.6) is 0 Å². The summed E-state index contributed by atoms with van der Waals surface area (Å²) < 4.78 is 8.47. The van der Waals surface area contributed by atoms with Gasteiger partial charge in [0.1, 0.15) is 24.3 Å². The van der Waals surface area contributed by atoms with E-state index in [0.717, 1.165) is 33.1 Å². The highest BCUT2D eigenvalue weighted by Crippen LogP contribution is 2.39. The maximum Gasteiger partial charge on any atom is 0.309 e. The average molecular weight is 504 g/mol. The smallest absolute Gasteiger partial charge is 0.309 e. The van der Waals surface area contributed by atoms with E-state index in [2.05, 4.69) is 6.58 Å². The fourth-order valence-corrected chi connectivity index (χ4v) is 4.50. The predicted octanol–water partition coefficient (Wildman–Crippen LogP) is 5.25. The zero-order valence-corrected chi connectivity index (χ0v) is 21.7. The third-order valence-electron chi connectivity index (χ3n) is 6.31. The normalized spacial score (nSPS) is 12.8. The van der Waals surface area contributed by atoms with Gasteiger partial charge < -0.3 is 19.5 Å². The molecule has 0 bridgehead atoms. The fraction of sp³-hybridized carbons (Fsp3) is 0.300. The van der Waals surface area contributed by atoms with Gasteiger partial charge in [-0.2, -0.15) is 0 Å². The molecule has 0 atom stereocenters. The maximum absolute atomic E-state index is 11.1. The van der Waals surface area contributed by atoms with Crippen molar-refractivity contribution in [3.05, 3.63) is 78.2 Å². The van der Waals surface area contributed by atoms with Crippen molar-refractivity contribution in [3.63, 3.8) is 0 Å². The molecular formula is C30H35N2O5+. The van der Waals surface area contributed by atoms with E-state index in [-0.39, 0.29) is 12.8 Å². The van der Waals surface area contributed by atoms with Gasteiger partial charge in [0.05, 0.1) is 12.5 Å². The number of nitrogens with zero attached hydrogens (tertiary/aromatic N) is 2. The van der Waals surface area contributed by atoms with Crippen molar-refractivity contribution in [2.45, 2.75) is 33.6 Å². The van der Waals surface area contributed by atoms with E-state index < -0.39 is 11.9 Å². The van der Waals surface area contributed by atoms with Crippen LogP contribution in [0.15, 0.2) is 71.7 Å². The molecule has 0 saturated heterocycles. The van der Waals surface area contributed by atoms with Crippen molar-refractivity contribution < 1.29 is 24.2 Å². The van der Waals surface area contributed by atoms with E-state index in [9.17, 15) is 9.59 Å². The molecule has 1 aliphatic carbocycles. The van der Waals surface area contributed by atoms with Crippen LogP contribution < -0.4 is 14.8 Å². The number of carboxylic acids is 2. The Morgan fingerprint density at radius 1 is 1.08 bits per heavy atom. The quantitative estimate of drug-likeness (QED) is 0.199. The van der Waals surface area contributed by atoms with Crippen molar-refractivity contribution in [1.29, 1.82) is 0 Å². The monoisotopic (exact) mass is 503 g/mol. The molecule has 0 saturated carbocycles. The zero-order chi connectivity index (χ0) is 26.9. The average Bonchev–Trinajstić information content (AvgIpc) is 2.87. The fourth-order valence-electron chi connectivity index (χ4n) is 4.50. The summed E-state index contributed by atoms with van der Waals surface area (Å²) in [6, 6.07) is 12.0. The molecule has 7 nitrogen and oxygen atoms in total. The second kappa shape index (κ2) is 12.7. The molecule has 3 rings (SSSR count). The lowest BCUT2D eigenvalue weighted by Crippen LogP contribution is -2.31. The van der Waals surface area contributed by atoms with E-state index in [1.165, 1.54) is 0 Å². The molecule has 1 heterocycles. The van der Waals surface area contributed by atoms with Gasteiger partial charge in [0.2, 0.25) is 5.36 Å². The van der Waals surface area contributed by atoms with Crippen molar-refractivity contribution >= 4 is 34.2 Å². The lowest BCUT2D eigenvalue weighted by atomic mass is 9.92. The van der Waals surface area contributed by atoms with Gasteiger partial charge in [-0.05, 0) is 44.5 Å². The third-order valence-corrected chi connectivity index (χ3v) is 6.31. The summed E-state index contributed by atoms with van der Waals surface area (Å²) in [6.07, 6.45) is 7.84. The Bertz CT molecular complexity index is 1400.